The van der Waals surface area contributed by atoms with Gasteiger partial charge >= 0.3 is 0 Å². The maximum absolute atomic E-state index is 12.7. The van der Waals surface area contributed by atoms with Gasteiger partial charge in [0.25, 0.3) is 5.91 Å². The summed E-state index contributed by atoms with van der Waals surface area (Å²) in [4.78, 5) is 39.4. The van der Waals surface area contributed by atoms with E-state index >= 15 is 0 Å². The van der Waals surface area contributed by atoms with Crippen LogP contribution in [0, 0.1) is 11.8 Å². The minimum Gasteiger partial charge on any atom is -0.383 e. The molecule has 3 rings (SSSR count). The Morgan fingerprint density at radius 3 is 2.85 bits per heavy atom. The number of rotatable bonds is 6. The summed E-state index contributed by atoms with van der Waals surface area (Å²) in [5.74, 6) is -0.633. The van der Waals surface area contributed by atoms with Crippen LogP contribution in [0.5, 0.6) is 0 Å². The smallest absolute Gasteiger partial charge is 0.251 e. The summed E-state index contributed by atoms with van der Waals surface area (Å²) in [6.07, 6.45) is 2.92. The molecule has 2 unspecified atom stereocenters. The predicted octanol–water partition coefficient (Wildman–Crippen LogP) is 1.41. The molecule has 0 radical (unpaired) electrons. The Labute approximate surface area is 156 Å². The fourth-order valence-corrected chi connectivity index (χ4v) is 5.10. The molecule has 7 nitrogen and oxygen atoms in total. The van der Waals surface area contributed by atoms with Crippen molar-refractivity contribution in [2.75, 3.05) is 32.1 Å². The first kappa shape index (κ1) is 18.8. The van der Waals surface area contributed by atoms with E-state index in [-0.39, 0.29) is 18.2 Å². The largest absolute Gasteiger partial charge is 0.383 e. The molecule has 0 spiro atoms. The Morgan fingerprint density at radius 1 is 1.38 bits per heavy atom. The normalized spacial score (nSPS) is 22.4. The van der Waals surface area contributed by atoms with E-state index in [1.54, 1.807) is 12.0 Å². The van der Waals surface area contributed by atoms with Crippen LogP contribution in [0.2, 0.25) is 0 Å². The number of methoxy groups -OCH3 is 1. The van der Waals surface area contributed by atoms with Crippen molar-refractivity contribution in [2.45, 2.75) is 32.6 Å². The van der Waals surface area contributed by atoms with Gasteiger partial charge in [0.1, 0.15) is 5.00 Å². The molecule has 1 aliphatic carbocycles. The van der Waals surface area contributed by atoms with Crippen LogP contribution in [0.1, 0.15) is 40.6 Å². The van der Waals surface area contributed by atoms with Gasteiger partial charge in [-0.2, -0.15) is 0 Å². The van der Waals surface area contributed by atoms with Crippen molar-refractivity contribution < 1.29 is 19.1 Å². The molecular weight excluding hydrogens is 354 g/mol. The molecule has 1 saturated heterocycles. The minimum atomic E-state index is -0.503. The van der Waals surface area contributed by atoms with Crippen molar-refractivity contribution in [3.63, 3.8) is 0 Å². The van der Waals surface area contributed by atoms with Crippen molar-refractivity contribution in [1.29, 1.82) is 0 Å². The zero-order valence-corrected chi connectivity index (χ0v) is 16.0. The van der Waals surface area contributed by atoms with Gasteiger partial charge in [0.2, 0.25) is 11.8 Å². The Morgan fingerprint density at radius 2 is 2.15 bits per heavy atom. The Bertz CT molecular complexity index is 730. The second-order valence-corrected chi connectivity index (χ2v) is 8.25. The number of amides is 3. The monoisotopic (exact) mass is 379 g/mol. The first-order valence-electron chi connectivity index (χ1n) is 8.92. The van der Waals surface area contributed by atoms with Gasteiger partial charge in [-0.3, -0.25) is 14.4 Å². The number of nitrogens with two attached hydrogens (primary N) is 1. The molecule has 26 heavy (non-hydrogen) atoms. The van der Waals surface area contributed by atoms with Gasteiger partial charge in [-0.15, -0.1) is 11.3 Å². The third kappa shape index (κ3) is 3.76. The first-order valence-corrected chi connectivity index (χ1v) is 9.74. The lowest BCUT2D eigenvalue weighted by Crippen LogP contribution is -2.31. The van der Waals surface area contributed by atoms with E-state index in [0.717, 1.165) is 29.7 Å². The molecule has 1 aliphatic heterocycles. The molecule has 8 heteroatoms. The lowest BCUT2D eigenvalue weighted by atomic mass is 9.88. The van der Waals surface area contributed by atoms with Gasteiger partial charge in [0, 0.05) is 31.5 Å². The molecule has 1 aromatic rings. The number of fused-ring (bicyclic) bond motifs is 1. The van der Waals surface area contributed by atoms with E-state index in [1.165, 1.54) is 11.3 Å². The van der Waals surface area contributed by atoms with Crippen molar-refractivity contribution in [3.8, 4) is 0 Å². The molecule has 2 atom stereocenters. The Balaban J connectivity index is 1.74. The number of carbonyl (C=O) groups is 3. The minimum absolute atomic E-state index is 0.0448. The second kappa shape index (κ2) is 7.75. The molecule has 2 heterocycles. The molecule has 0 bridgehead atoms. The summed E-state index contributed by atoms with van der Waals surface area (Å²) in [5, 5.41) is 3.40. The molecule has 142 valence electrons. The number of hydrogen-bond acceptors (Lipinski definition) is 5. The maximum atomic E-state index is 12.7. The van der Waals surface area contributed by atoms with Crippen LogP contribution in [0.3, 0.4) is 0 Å². The van der Waals surface area contributed by atoms with Gasteiger partial charge in [-0.05, 0) is 30.7 Å². The molecule has 0 aromatic carbocycles. The number of anilines is 1. The number of hydrogen-bond donors (Lipinski definition) is 2. The Hall–Kier alpha value is -1.93. The number of primary amides is 1. The molecule has 1 fully saturated rings. The molecule has 2 aliphatic rings. The summed E-state index contributed by atoms with van der Waals surface area (Å²) in [7, 11) is 1.58. The van der Waals surface area contributed by atoms with Gasteiger partial charge in [-0.1, -0.05) is 6.92 Å². The van der Waals surface area contributed by atoms with Crippen LogP contribution in [-0.4, -0.2) is 49.4 Å². The van der Waals surface area contributed by atoms with Gasteiger partial charge in [0.05, 0.1) is 18.1 Å². The fraction of sp³-hybridized carbons (Fsp3) is 0.611. The second-order valence-electron chi connectivity index (χ2n) is 7.14. The number of nitrogens with zero attached hydrogens (tertiary/aromatic N) is 1. The van der Waals surface area contributed by atoms with E-state index in [0.29, 0.717) is 36.2 Å². The summed E-state index contributed by atoms with van der Waals surface area (Å²) >= 11 is 1.45. The van der Waals surface area contributed by atoms with Crippen molar-refractivity contribution in [2.24, 2.45) is 17.6 Å². The Kier molecular flexibility index (Phi) is 5.62. The predicted molar refractivity (Wildman–Crippen MR) is 99.2 cm³/mol. The van der Waals surface area contributed by atoms with E-state index in [2.05, 4.69) is 12.2 Å². The molecule has 3 N–H and O–H groups in total. The lowest BCUT2D eigenvalue weighted by molar-refractivity contribution is -0.128. The molecule has 1 aromatic heterocycles. The standard InChI is InChI=1S/C18H25N3O4S/c1-10-3-4-12-13(7-10)26-18(15(12)16(19)23)20-17(24)11-8-14(22)21(9-11)5-6-25-2/h10-11H,3-9H2,1-2H3,(H2,19,23)(H,20,24). The average Bonchev–Trinajstić information content (AvgIpc) is 3.12. The van der Waals surface area contributed by atoms with Crippen LogP contribution < -0.4 is 11.1 Å². The number of thiophene rings is 1. The van der Waals surface area contributed by atoms with E-state index in [1.807, 2.05) is 0 Å². The first-order chi connectivity index (χ1) is 12.4. The maximum Gasteiger partial charge on any atom is 0.251 e. The lowest BCUT2D eigenvalue weighted by Gasteiger charge is -2.18. The highest BCUT2D eigenvalue weighted by atomic mass is 32.1. The van der Waals surface area contributed by atoms with E-state index in [4.69, 9.17) is 10.5 Å². The summed E-state index contributed by atoms with van der Waals surface area (Å²) in [6.45, 7) is 3.49. The topological polar surface area (TPSA) is 102 Å². The van der Waals surface area contributed by atoms with Crippen LogP contribution in [-0.2, 0) is 27.2 Å². The third-order valence-electron chi connectivity index (χ3n) is 5.15. The quantitative estimate of drug-likeness (QED) is 0.780. The molecule has 3 amide bonds. The zero-order valence-electron chi connectivity index (χ0n) is 15.2. The zero-order chi connectivity index (χ0) is 18.8. The van der Waals surface area contributed by atoms with Crippen LogP contribution in [0.25, 0.3) is 0 Å². The van der Waals surface area contributed by atoms with Gasteiger partial charge < -0.3 is 20.7 Å². The van der Waals surface area contributed by atoms with E-state index < -0.39 is 11.8 Å². The summed E-state index contributed by atoms with van der Waals surface area (Å²) in [6, 6.07) is 0. The van der Waals surface area contributed by atoms with Crippen molar-refractivity contribution >= 4 is 34.1 Å². The van der Waals surface area contributed by atoms with Crippen LogP contribution in [0.15, 0.2) is 0 Å². The summed E-state index contributed by atoms with van der Waals surface area (Å²) in [5.41, 5.74) is 7.02. The van der Waals surface area contributed by atoms with Crippen LogP contribution >= 0.6 is 11.3 Å². The fourth-order valence-electron chi connectivity index (χ4n) is 3.68. The molecule has 0 saturated carbocycles. The number of carbonyl (C=O) groups excluding carboxylic acids is 3. The number of ether oxygens (including phenoxy) is 1. The van der Waals surface area contributed by atoms with E-state index in [9.17, 15) is 14.4 Å². The highest BCUT2D eigenvalue weighted by Gasteiger charge is 2.35. The molecular formula is C18H25N3O4S. The highest BCUT2D eigenvalue weighted by molar-refractivity contribution is 7.17. The van der Waals surface area contributed by atoms with Crippen molar-refractivity contribution in [3.05, 3.63) is 16.0 Å². The van der Waals surface area contributed by atoms with Crippen molar-refractivity contribution in [1.82, 2.24) is 4.90 Å². The number of nitrogens with one attached hydrogen (secondary N) is 1. The third-order valence-corrected chi connectivity index (χ3v) is 6.32. The summed E-state index contributed by atoms with van der Waals surface area (Å²) < 4.78 is 5.00. The SMILES string of the molecule is COCCN1CC(C(=O)Nc2sc3c(c2C(N)=O)CCC(C)C3)CC1=O. The van der Waals surface area contributed by atoms with Gasteiger partial charge in [-0.25, -0.2) is 0 Å². The highest BCUT2D eigenvalue weighted by Crippen LogP contribution is 2.39. The van der Waals surface area contributed by atoms with Gasteiger partial charge in [0.15, 0.2) is 0 Å². The van der Waals surface area contributed by atoms with Crippen LogP contribution in [0.4, 0.5) is 5.00 Å². The average molecular weight is 379 g/mol. The number of likely N-dealkylation sites (tertiary alicyclic amines) is 1.